The third-order valence-corrected chi connectivity index (χ3v) is 4.40. The Hall–Kier alpha value is -1.14. The minimum Gasteiger partial charge on any atom is -0.361 e. The van der Waals surface area contributed by atoms with Crippen molar-refractivity contribution >= 4 is 8.07 Å². The zero-order chi connectivity index (χ0) is 13.8. The normalized spacial score (nSPS) is 11.8. The molecule has 0 saturated heterocycles. The predicted octanol–water partition coefficient (Wildman–Crippen LogP) is 1.41. The summed E-state index contributed by atoms with van der Waals surface area (Å²) in [6.45, 7) is 9.61. The SMILES string of the molecule is CCc1cc(=O)[nH]c(=O)n1COCC[Si](C)(C)C. The first kappa shape index (κ1) is 14.9. The number of hydrogen-bond acceptors (Lipinski definition) is 3. The Balaban J connectivity index is 2.68. The maximum atomic E-state index is 11.6. The van der Waals surface area contributed by atoms with Crippen LogP contribution in [0.15, 0.2) is 15.7 Å². The third-order valence-electron chi connectivity index (χ3n) is 2.70. The lowest BCUT2D eigenvalue weighted by molar-refractivity contribution is 0.0817. The fourth-order valence-corrected chi connectivity index (χ4v) is 2.29. The van der Waals surface area contributed by atoms with E-state index in [1.165, 1.54) is 10.6 Å². The van der Waals surface area contributed by atoms with Gasteiger partial charge in [-0.1, -0.05) is 26.6 Å². The van der Waals surface area contributed by atoms with Crippen molar-refractivity contribution in [3.8, 4) is 0 Å². The lowest BCUT2D eigenvalue weighted by Gasteiger charge is -2.16. The Morgan fingerprint density at radius 3 is 2.56 bits per heavy atom. The van der Waals surface area contributed by atoms with Crippen molar-refractivity contribution in [2.75, 3.05) is 6.61 Å². The highest BCUT2D eigenvalue weighted by atomic mass is 28.3. The van der Waals surface area contributed by atoms with Crippen LogP contribution in [0.25, 0.3) is 0 Å². The van der Waals surface area contributed by atoms with E-state index < -0.39 is 13.8 Å². The fourth-order valence-electron chi connectivity index (χ4n) is 1.54. The average Bonchev–Trinajstić information content (AvgIpc) is 2.24. The van der Waals surface area contributed by atoms with Crippen LogP contribution in [-0.4, -0.2) is 24.2 Å². The van der Waals surface area contributed by atoms with Crippen LogP contribution < -0.4 is 11.2 Å². The van der Waals surface area contributed by atoms with E-state index >= 15 is 0 Å². The Labute approximate surface area is 108 Å². The van der Waals surface area contributed by atoms with Gasteiger partial charge in [-0.25, -0.2) is 4.79 Å². The van der Waals surface area contributed by atoms with E-state index in [2.05, 4.69) is 24.6 Å². The van der Waals surface area contributed by atoms with Crippen molar-refractivity contribution in [3.63, 3.8) is 0 Å². The molecule has 0 aromatic carbocycles. The van der Waals surface area contributed by atoms with Crippen molar-refractivity contribution in [1.29, 1.82) is 0 Å². The van der Waals surface area contributed by atoms with Crippen molar-refractivity contribution in [3.05, 3.63) is 32.6 Å². The summed E-state index contributed by atoms with van der Waals surface area (Å²) >= 11 is 0. The number of rotatable bonds is 6. The molecule has 0 fully saturated rings. The van der Waals surface area contributed by atoms with Crippen molar-refractivity contribution in [2.24, 2.45) is 0 Å². The highest BCUT2D eigenvalue weighted by Gasteiger charge is 2.12. The largest absolute Gasteiger partial charge is 0.361 e. The number of nitrogens with one attached hydrogen (secondary N) is 1. The summed E-state index contributed by atoms with van der Waals surface area (Å²) in [7, 11) is -1.11. The first-order valence-electron chi connectivity index (χ1n) is 6.24. The van der Waals surface area contributed by atoms with Crippen LogP contribution in [0.1, 0.15) is 12.6 Å². The van der Waals surface area contributed by atoms with Crippen LogP contribution in [0.4, 0.5) is 0 Å². The first-order chi connectivity index (χ1) is 8.33. The molecule has 18 heavy (non-hydrogen) atoms. The van der Waals surface area contributed by atoms with E-state index in [1.807, 2.05) is 6.92 Å². The zero-order valence-corrected chi connectivity index (χ0v) is 12.6. The molecular weight excluding hydrogens is 248 g/mol. The molecule has 0 bridgehead atoms. The number of aryl methyl sites for hydroxylation is 1. The summed E-state index contributed by atoms with van der Waals surface area (Å²) in [6, 6.07) is 2.51. The van der Waals surface area contributed by atoms with Crippen LogP contribution in [0.3, 0.4) is 0 Å². The predicted molar refractivity (Wildman–Crippen MR) is 74.8 cm³/mol. The second-order valence-electron chi connectivity index (χ2n) is 5.56. The average molecular weight is 270 g/mol. The number of aromatic nitrogens is 2. The molecule has 0 radical (unpaired) electrons. The van der Waals surface area contributed by atoms with Gasteiger partial charge in [0.15, 0.2) is 0 Å². The van der Waals surface area contributed by atoms with Gasteiger partial charge in [0.05, 0.1) is 0 Å². The molecule has 5 nitrogen and oxygen atoms in total. The quantitative estimate of drug-likeness (QED) is 0.628. The van der Waals surface area contributed by atoms with Crippen LogP contribution in [0.5, 0.6) is 0 Å². The molecule has 0 unspecified atom stereocenters. The second-order valence-corrected chi connectivity index (χ2v) is 11.2. The molecule has 0 saturated carbocycles. The minimum absolute atomic E-state index is 0.212. The molecular formula is C12H22N2O3Si. The number of ether oxygens (including phenoxy) is 1. The molecule has 1 rings (SSSR count). The van der Waals surface area contributed by atoms with E-state index in [0.717, 1.165) is 6.04 Å². The summed E-state index contributed by atoms with van der Waals surface area (Å²) in [4.78, 5) is 25.1. The standard InChI is InChI=1S/C12H22N2O3Si/c1-5-10-8-11(15)13-12(16)14(10)9-17-6-7-18(2,3)4/h8H,5-7,9H2,1-4H3,(H,13,15,16). The highest BCUT2D eigenvalue weighted by molar-refractivity contribution is 6.76. The molecule has 0 amide bonds. The van der Waals surface area contributed by atoms with Crippen LogP contribution in [0, 0.1) is 0 Å². The number of H-pyrrole nitrogens is 1. The van der Waals surface area contributed by atoms with E-state index in [4.69, 9.17) is 4.74 Å². The summed E-state index contributed by atoms with van der Waals surface area (Å²) < 4.78 is 7.01. The van der Waals surface area contributed by atoms with Gasteiger partial charge in [-0.15, -0.1) is 0 Å². The molecule has 1 N–H and O–H groups in total. The van der Waals surface area contributed by atoms with Gasteiger partial charge in [0.2, 0.25) is 0 Å². The van der Waals surface area contributed by atoms with E-state index in [-0.39, 0.29) is 12.3 Å². The highest BCUT2D eigenvalue weighted by Crippen LogP contribution is 2.07. The topological polar surface area (TPSA) is 64.1 Å². The van der Waals surface area contributed by atoms with Gasteiger partial charge in [-0.05, 0) is 12.5 Å². The lowest BCUT2D eigenvalue weighted by atomic mass is 10.3. The van der Waals surface area contributed by atoms with Crippen molar-refractivity contribution < 1.29 is 4.74 Å². The van der Waals surface area contributed by atoms with Crippen LogP contribution in [0.2, 0.25) is 25.7 Å². The fraction of sp³-hybridized carbons (Fsp3) is 0.667. The van der Waals surface area contributed by atoms with Gasteiger partial charge < -0.3 is 4.74 Å². The summed E-state index contributed by atoms with van der Waals surface area (Å²) in [5.74, 6) is 0. The smallest absolute Gasteiger partial charge is 0.330 e. The monoisotopic (exact) mass is 270 g/mol. The van der Waals surface area contributed by atoms with Gasteiger partial charge in [0.25, 0.3) is 5.56 Å². The van der Waals surface area contributed by atoms with Crippen LogP contribution >= 0.6 is 0 Å². The number of hydrogen-bond donors (Lipinski definition) is 1. The lowest BCUT2D eigenvalue weighted by Crippen LogP contribution is -2.33. The van der Waals surface area contributed by atoms with E-state index in [9.17, 15) is 9.59 Å². The molecule has 0 aliphatic rings. The number of aromatic amines is 1. The second kappa shape index (κ2) is 6.15. The van der Waals surface area contributed by atoms with Crippen LogP contribution in [-0.2, 0) is 17.9 Å². The molecule has 0 aliphatic carbocycles. The molecule has 102 valence electrons. The van der Waals surface area contributed by atoms with Gasteiger partial charge in [0, 0.05) is 26.4 Å². The Kier molecular flexibility index (Phi) is 5.10. The maximum Gasteiger partial charge on any atom is 0.330 e. The summed E-state index contributed by atoms with van der Waals surface area (Å²) in [5.41, 5.74) is -0.0423. The van der Waals surface area contributed by atoms with Gasteiger partial charge in [-0.2, -0.15) is 0 Å². The molecule has 0 atom stereocenters. The summed E-state index contributed by atoms with van der Waals surface area (Å²) in [6.07, 6.45) is 0.635. The van der Waals surface area contributed by atoms with Crippen molar-refractivity contribution in [1.82, 2.24) is 9.55 Å². The molecule has 6 heteroatoms. The van der Waals surface area contributed by atoms with Gasteiger partial charge in [0.1, 0.15) is 6.73 Å². The number of nitrogens with zero attached hydrogens (tertiary/aromatic N) is 1. The van der Waals surface area contributed by atoms with Gasteiger partial charge >= 0.3 is 5.69 Å². The summed E-state index contributed by atoms with van der Waals surface area (Å²) in [5, 5.41) is 0. The molecule has 0 spiro atoms. The van der Waals surface area contributed by atoms with Gasteiger partial charge in [-0.3, -0.25) is 14.3 Å². The molecule has 0 aliphatic heterocycles. The minimum atomic E-state index is -1.11. The van der Waals surface area contributed by atoms with E-state index in [1.54, 1.807) is 0 Å². The van der Waals surface area contributed by atoms with Crippen molar-refractivity contribution in [2.45, 2.75) is 45.8 Å². The third kappa shape index (κ3) is 4.62. The molecule has 1 aromatic heterocycles. The molecule has 1 heterocycles. The Morgan fingerprint density at radius 1 is 1.33 bits per heavy atom. The van der Waals surface area contributed by atoms with E-state index in [0.29, 0.717) is 18.7 Å². The molecule has 1 aromatic rings. The first-order valence-corrected chi connectivity index (χ1v) is 9.95. The zero-order valence-electron chi connectivity index (χ0n) is 11.6. The Bertz CT molecular complexity index is 499. The Morgan fingerprint density at radius 2 is 2.00 bits per heavy atom. The maximum absolute atomic E-state index is 11.6.